The number of aromatic nitrogens is 3. The molecule has 5 rings (SSSR count). The van der Waals surface area contributed by atoms with E-state index in [1.54, 1.807) is 18.5 Å². The van der Waals surface area contributed by atoms with Gasteiger partial charge in [0.05, 0.1) is 25.2 Å². The highest BCUT2D eigenvalue weighted by molar-refractivity contribution is 6.35. The minimum absolute atomic E-state index is 0.139. The van der Waals surface area contributed by atoms with E-state index < -0.39 is 0 Å². The van der Waals surface area contributed by atoms with Crippen molar-refractivity contribution in [2.24, 2.45) is 5.92 Å². The van der Waals surface area contributed by atoms with Gasteiger partial charge in [0, 0.05) is 66.9 Å². The molecule has 0 saturated carbocycles. The van der Waals surface area contributed by atoms with E-state index in [4.69, 9.17) is 37.7 Å². The number of carbonyl (C=O) groups is 1. The molecule has 224 valence electrons. The number of pyridine rings is 1. The Labute approximate surface area is 257 Å². The Morgan fingerprint density at radius 2 is 1.62 bits per heavy atom. The van der Waals surface area contributed by atoms with Crippen LogP contribution in [0, 0.1) is 5.92 Å². The molecule has 2 fully saturated rings. The summed E-state index contributed by atoms with van der Waals surface area (Å²) in [6.07, 6.45) is 5.79. The van der Waals surface area contributed by atoms with Crippen LogP contribution >= 0.6 is 23.2 Å². The van der Waals surface area contributed by atoms with E-state index in [0.29, 0.717) is 51.7 Å². The zero-order chi connectivity index (χ0) is 29.6. The number of piperidine rings is 1. The van der Waals surface area contributed by atoms with Crippen LogP contribution in [0.25, 0.3) is 11.3 Å². The van der Waals surface area contributed by atoms with E-state index in [0.717, 1.165) is 69.8 Å². The van der Waals surface area contributed by atoms with E-state index in [1.165, 1.54) is 7.11 Å². The number of esters is 1. The first-order valence-electron chi connectivity index (χ1n) is 14.5. The monoisotopic (exact) mass is 612 g/mol. The molecule has 4 heterocycles. The van der Waals surface area contributed by atoms with Gasteiger partial charge >= 0.3 is 5.97 Å². The Morgan fingerprint density at radius 1 is 0.952 bits per heavy atom. The summed E-state index contributed by atoms with van der Waals surface area (Å²) >= 11 is 12.6. The van der Waals surface area contributed by atoms with E-state index in [2.05, 4.69) is 38.5 Å². The van der Waals surface area contributed by atoms with Gasteiger partial charge in [0.25, 0.3) is 0 Å². The van der Waals surface area contributed by atoms with Crippen LogP contribution in [0.4, 0.5) is 5.95 Å². The van der Waals surface area contributed by atoms with Gasteiger partial charge in [0.1, 0.15) is 0 Å². The van der Waals surface area contributed by atoms with Gasteiger partial charge in [-0.15, -0.1) is 0 Å². The number of hydrogen-bond acceptors (Lipinski definition) is 9. The van der Waals surface area contributed by atoms with Gasteiger partial charge in [-0.3, -0.25) is 14.6 Å². The van der Waals surface area contributed by atoms with Gasteiger partial charge in [0.15, 0.2) is 5.75 Å². The number of piperazine rings is 1. The van der Waals surface area contributed by atoms with Crippen molar-refractivity contribution in [3.8, 4) is 22.9 Å². The molecule has 0 spiro atoms. The molecule has 2 aliphatic heterocycles. The number of methoxy groups -OCH3 is 1. The molecule has 42 heavy (non-hydrogen) atoms. The van der Waals surface area contributed by atoms with Crippen molar-refractivity contribution < 1.29 is 14.3 Å². The van der Waals surface area contributed by atoms with Crippen molar-refractivity contribution in [2.75, 3.05) is 51.3 Å². The molecule has 0 amide bonds. The number of rotatable bonds is 9. The third-order valence-corrected chi connectivity index (χ3v) is 8.42. The number of halogens is 2. The molecule has 0 atom stereocenters. The fraction of sp³-hybridized carbons (Fsp3) is 0.484. The first-order chi connectivity index (χ1) is 20.2. The molecule has 0 radical (unpaired) electrons. The van der Waals surface area contributed by atoms with Crippen LogP contribution in [0.3, 0.4) is 0 Å². The quantitative estimate of drug-likeness (QED) is 0.272. The maximum atomic E-state index is 11.7. The second-order valence-electron chi connectivity index (χ2n) is 11.3. The molecule has 1 aromatic carbocycles. The number of hydrogen-bond donors (Lipinski definition) is 0. The molecular formula is C31H38Cl2N6O3. The summed E-state index contributed by atoms with van der Waals surface area (Å²) < 4.78 is 11.0. The Hall–Kier alpha value is -2.98. The minimum Gasteiger partial charge on any atom is -0.469 e. The van der Waals surface area contributed by atoms with Crippen molar-refractivity contribution in [3.63, 3.8) is 0 Å². The predicted molar refractivity (Wildman–Crippen MR) is 165 cm³/mol. The summed E-state index contributed by atoms with van der Waals surface area (Å²) in [6.45, 7) is 10.8. The molecule has 9 nitrogen and oxygen atoms in total. The Bertz CT molecular complexity index is 1340. The third-order valence-electron chi connectivity index (χ3n) is 7.98. The van der Waals surface area contributed by atoms with Gasteiger partial charge in [-0.25, -0.2) is 15.0 Å². The van der Waals surface area contributed by atoms with Gasteiger partial charge in [0.2, 0.25) is 11.8 Å². The van der Waals surface area contributed by atoms with Crippen LogP contribution in [0.5, 0.6) is 11.6 Å². The molecule has 0 aliphatic carbocycles. The van der Waals surface area contributed by atoms with E-state index in [-0.39, 0.29) is 5.97 Å². The third kappa shape index (κ3) is 8.10. The Balaban J connectivity index is 1.31. The predicted octanol–water partition coefficient (Wildman–Crippen LogP) is 5.94. The second kappa shape index (κ2) is 14.0. The molecule has 3 aromatic rings. The van der Waals surface area contributed by atoms with Crippen LogP contribution < -0.4 is 9.64 Å². The van der Waals surface area contributed by atoms with Gasteiger partial charge in [-0.1, -0.05) is 23.2 Å². The molecule has 11 heteroatoms. The molecule has 0 bridgehead atoms. The van der Waals surface area contributed by atoms with Crippen LogP contribution in [-0.2, 0) is 16.1 Å². The fourth-order valence-corrected chi connectivity index (χ4v) is 6.09. The maximum absolute atomic E-state index is 11.7. The Kier molecular flexibility index (Phi) is 10.2. The largest absolute Gasteiger partial charge is 0.469 e. The van der Waals surface area contributed by atoms with Gasteiger partial charge in [-0.05, 0) is 75.5 Å². The lowest BCUT2D eigenvalue weighted by Gasteiger charge is -2.36. The average molecular weight is 614 g/mol. The number of anilines is 1. The molecule has 0 N–H and O–H groups in total. The second-order valence-corrected chi connectivity index (χ2v) is 12.2. The normalized spacial score (nSPS) is 17.0. The molecule has 2 saturated heterocycles. The lowest BCUT2D eigenvalue weighted by atomic mass is 9.93. The Morgan fingerprint density at radius 3 is 2.24 bits per heavy atom. The van der Waals surface area contributed by atoms with Gasteiger partial charge in [-0.2, -0.15) is 0 Å². The maximum Gasteiger partial charge on any atom is 0.305 e. The summed E-state index contributed by atoms with van der Waals surface area (Å²) in [5, 5.41) is 1.08. The summed E-state index contributed by atoms with van der Waals surface area (Å²) in [6, 6.07) is 9.94. The lowest BCUT2D eigenvalue weighted by Crippen LogP contribution is -2.49. The smallest absolute Gasteiger partial charge is 0.305 e. The highest BCUT2D eigenvalue weighted by atomic mass is 35.5. The lowest BCUT2D eigenvalue weighted by molar-refractivity contribution is -0.142. The standard InChI is InChI=1S/C31H38Cl2N6O3/c1-21(2)38-8-10-39(11-9-38)31-34-18-27(19-35-31)42-29-13-23(12-28(36-29)24-15-25(32)17-26(33)16-24)20-37-6-4-22(5-7-37)14-30(40)41-3/h12-13,15-19,21-22H,4-11,14,20H2,1-3H3. The number of benzene rings is 1. The van der Waals surface area contributed by atoms with Crippen LogP contribution in [0.1, 0.15) is 38.7 Å². The minimum atomic E-state index is -0.139. The zero-order valence-electron chi connectivity index (χ0n) is 24.4. The highest BCUT2D eigenvalue weighted by Crippen LogP contribution is 2.31. The van der Waals surface area contributed by atoms with Crippen LogP contribution in [0.15, 0.2) is 42.7 Å². The fourth-order valence-electron chi connectivity index (χ4n) is 5.56. The van der Waals surface area contributed by atoms with E-state index >= 15 is 0 Å². The zero-order valence-corrected chi connectivity index (χ0v) is 25.9. The molecular weight excluding hydrogens is 575 g/mol. The first kappa shape index (κ1) is 30.5. The number of ether oxygens (including phenoxy) is 2. The van der Waals surface area contributed by atoms with Crippen LogP contribution in [-0.4, -0.2) is 83.1 Å². The van der Waals surface area contributed by atoms with Gasteiger partial charge < -0.3 is 14.4 Å². The van der Waals surface area contributed by atoms with E-state index in [9.17, 15) is 4.79 Å². The van der Waals surface area contributed by atoms with Crippen molar-refractivity contribution in [2.45, 2.75) is 45.7 Å². The number of nitrogens with zero attached hydrogens (tertiary/aromatic N) is 6. The van der Waals surface area contributed by atoms with Crippen molar-refractivity contribution >= 4 is 35.1 Å². The van der Waals surface area contributed by atoms with E-state index in [1.807, 2.05) is 24.3 Å². The molecule has 2 aliphatic rings. The topological polar surface area (TPSA) is 83.9 Å². The number of carbonyl (C=O) groups excluding carboxylic acids is 1. The molecule has 2 aromatic heterocycles. The summed E-state index contributed by atoms with van der Waals surface area (Å²) in [5.74, 6) is 1.89. The summed E-state index contributed by atoms with van der Waals surface area (Å²) in [5.41, 5.74) is 2.58. The van der Waals surface area contributed by atoms with Crippen LogP contribution in [0.2, 0.25) is 10.0 Å². The van der Waals surface area contributed by atoms with Crippen molar-refractivity contribution in [1.82, 2.24) is 24.8 Å². The molecule has 0 unspecified atom stereocenters. The number of likely N-dealkylation sites (tertiary alicyclic amines) is 1. The SMILES string of the molecule is COC(=O)CC1CCN(Cc2cc(Oc3cnc(N4CCN(C(C)C)CC4)nc3)nc(-c3cc(Cl)cc(Cl)c3)c2)CC1. The summed E-state index contributed by atoms with van der Waals surface area (Å²) in [7, 11) is 1.45. The summed E-state index contributed by atoms with van der Waals surface area (Å²) in [4.78, 5) is 32.7. The highest BCUT2D eigenvalue weighted by Gasteiger charge is 2.23. The van der Waals surface area contributed by atoms with Crippen molar-refractivity contribution in [3.05, 3.63) is 58.3 Å². The van der Waals surface area contributed by atoms with Crippen molar-refractivity contribution in [1.29, 1.82) is 0 Å². The average Bonchev–Trinajstić information content (AvgIpc) is 2.98. The first-order valence-corrected chi connectivity index (χ1v) is 15.3.